The lowest BCUT2D eigenvalue weighted by Crippen LogP contribution is -2.11. The van der Waals surface area contributed by atoms with E-state index in [1.807, 2.05) is 13.0 Å². The zero-order valence-electron chi connectivity index (χ0n) is 11.8. The largest absolute Gasteiger partial charge is 0.508 e. The number of esters is 1. The van der Waals surface area contributed by atoms with Crippen LogP contribution < -0.4 is 5.32 Å². The van der Waals surface area contributed by atoms with Crippen LogP contribution in [0.1, 0.15) is 28.9 Å². The van der Waals surface area contributed by atoms with Gasteiger partial charge in [-0.3, -0.25) is 0 Å². The van der Waals surface area contributed by atoms with E-state index in [0.717, 1.165) is 5.56 Å². The number of rotatable bonds is 4. The highest BCUT2D eigenvalue weighted by atomic mass is 35.5. The van der Waals surface area contributed by atoms with Crippen LogP contribution >= 0.6 is 11.6 Å². The van der Waals surface area contributed by atoms with Crippen LogP contribution in [0, 0.1) is 0 Å². The van der Waals surface area contributed by atoms with Gasteiger partial charge in [0.2, 0.25) is 0 Å². The van der Waals surface area contributed by atoms with Crippen molar-refractivity contribution in [1.82, 2.24) is 0 Å². The molecule has 0 aliphatic carbocycles. The molecule has 0 aliphatic rings. The summed E-state index contributed by atoms with van der Waals surface area (Å²) in [6.07, 6.45) is 0. The van der Waals surface area contributed by atoms with Crippen LogP contribution in [0.4, 0.5) is 5.69 Å². The average molecular weight is 306 g/mol. The van der Waals surface area contributed by atoms with Crippen molar-refractivity contribution in [1.29, 1.82) is 0 Å². The Kier molecular flexibility index (Phi) is 4.70. The standard InChI is InChI=1S/C16H16ClNO3/c1-10(11-4-3-5-13(19)8-11)18-15-7-6-12(17)9-14(15)16(20)21-2/h3-10,18-19H,1-2H3. The highest BCUT2D eigenvalue weighted by Gasteiger charge is 2.15. The van der Waals surface area contributed by atoms with Crippen molar-refractivity contribution in [2.24, 2.45) is 0 Å². The number of anilines is 1. The fourth-order valence-corrected chi connectivity index (χ4v) is 2.20. The van der Waals surface area contributed by atoms with E-state index >= 15 is 0 Å². The molecule has 0 bridgehead atoms. The molecule has 0 aliphatic heterocycles. The highest BCUT2D eigenvalue weighted by Crippen LogP contribution is 2.27. The second kappa shape index (κ2) is 6.50. The molecule has 0 spiro atoms. The van der Waals surface area contributed by atoms with Gasteiger partial charge in [-0.05, 0) is 42.8 Å². The first-order valence-electron chi connectivity index (χ1n) is 6.44. The minimum Gasteiger partial charge on any atom is -0.508 e. The molecule has 5 heteroatoms. The molecule has 1 unspecified atom stereocenters. The molecular weight excluding hydrogens is 290 g/mol. The van der Waals surface area contributed by atoms with Gasteiger partial charge in [0.15, 0.2) is 0 Å². The predicted octanol–water partition coefficient (Wildman–Crippen LogP) is 4.01. The van der Waals surface area contributed by atoms with Crippen LogP contribution in [0.5, 0.6) is 5.75 Å². The maximum absolute atomic E-state index is 11.8. The van der Waals surface area contributed by atoms with Gasteiger partial charge in [0.1, 0.15) is 5.75 Å². The zero-order chi connectivity index (χ0) is 15.4. The van der Waals surface area contributed by atoms with Crippen LogP contribution in [0.15, 0.2) is 42.5 Å². The summed E-state index contributed by atoms with van der Waals surface area (Å²) in [5.41, 5.74) is 1.90. The van der Waals surface area contributed by atoms with Gasteiger partial charge in [0.05, 0.1) is 12.7 Å². The summed E-state index contributed by atoms with van der Waals surface area (Å²) >= 11 is 5.92. The summed E-state index contributed by atoms with van der Waals surface area (Å²) in [5.74, 6) is -0.256. The molecule has 110 valence electrons. The van der Waals surface area contributed by atoms with Gasteiger partial charge in [0.25, 0.3) is 0 Å². The molecular formula is C16H16ClNO3. The van der Waals surface area contributed by atoms with E-state index in [1.165, 1.54) is 7.11 Å². The maximum Gasteiger partial charge on any atom is 0.340 e. The molecule has 1 atom stereocenters. The Morgan fingerprint density at radius 2 is 2.05 bits per heavy atom. The Morgan fingerprint density at radius 3 is 2.71 bits per heavy atom. The first-order valence-corrected chi connectivity index (χ1v) is 6.82. The van der Waals surface area contributed by atoms with E-state index in [0.29, 0.717) is 16.3 Å². The van der Waals surface area contributed by atoms with Crippen molar-refractivity contribution in [3.8, 4) is 5.75 Å². The fourth-order valence-electron chi connectivity index (χ4n) is 2.03. The third kappa shape index (κ3) is 3.67. The third-order valence-corrected chi connectivity index (χ3v) is 3.36. The second-order valence-corrected chi connectivity index (χ2v) is 5.08. The number of ether oxygens (including phenoxy) is 1. The minimum absolute atomic E-state index is 0.0957. The molecule has 2 aromatic rings. The molecule has 0 radical (unpaired) electrons. The van der Waals surface area contributed by atoms with Crippen LogP contribution in [-0.4, -0.2) is 18.2 Å². The molecule has 0 heterocycles. The van der Waals surface area contributed by atoms with Crippen molar-refractivity contribution in [3.05, 3.63) is 58.6 Å². The molecule has 2 rings (SSSR count). The first-order chi connectivity index (χ1) is 10.0. The lowest BCUT2D eigenvalue weighted by atomic mass is 10.1. The van der Waals surface area contributed by atoms with Crippen molar-refractivity contribution >= 4 is 23.3 Å². The normalized spacial score (nSPS) is 11.8. The number of halogens is 1. The Balaban J connectivity index is 2.28. The van der Waals surface area contributed by atoms with E-state index in [1.54, 1.807) is 36.4 Å². The third-order valence-electron chi connectivity index (χ3n) is 3.13. The van der Waals surface area contributed by atoms with Crippen LogP contribution in [-0.2, 0) is 4.74 Å². The van der Waals surface area contributed by atoms with E-state index in [4.69, 9.17) is 16.3 Å². The summed E-state index contributed by atoms with van der Waals surface area (Å²) in [4.78, 5) is 11.8. The van der Waals surface area contributed by atoms with Crippen molar-refractivity contribution in [2.45, 2.75) is 13.0 Å². The van der Waals surface area contributed by atoms with Gasteiger partial charge in [-0.1, -0.05) is 23.7 Å². The van der Waals surface area contributed by atoms with Gasteiger partial charge in [0, 0.05) is 16.8 Å². The SMILES string of the molecule is COC(=O)c1cc(Cl)ccc1NC(C)c1cccc(O)c1. The van der Waals surface area contributed by atoms with Gasteiger partial charge in [-0.2, -0.15) is 0 Å². The number of hydrogen-bond acceptors (Lipinski definition) is 4. The van der Waals surface area contributed by atoms with Crippen LogP contribution in [0.2, 0.25) is 5.02 Å². The van der Waals surface area contributed by atoms with E-state index < -0.39 is 5.97 Å². The Labute approximate surface area is 128 Å². The topological polar surface area (TPSA) is 58.6 Å². The molecule has 2 aromatic carbocycles. The molecule has 0 amide bonds. The molecule has 0 saturated carbocycles. The molecule has 0 aromatic heterocycles. The van der Waals surface area contributed by atoms with Gasteiger partial charge in [-0.15, -0.1) is 0 Å². The number of phenols is 1. The van der Waals surface area contributed by atoms with Gasteiger partial charge < -0.3 is 15.2 Å². The predicted molar refractivity (Wildman–Crippen MR) is 82.9 cm³/mol. The number of methoxy groups -OCH3 is 1. The summed E-state index contributed by atoms with van der Waals surface area (Å²) < 4.78 is 4.76. The number of benzene rings is 2. The number of hydrogen-bond donors (Lipinski definition) is 2. The van der Waals surface area contributed by atoms with Crippen molar-refractivity contribution < 1.29 is 14.6 Å². The monoisotopic (exact) mass is 305 g/mol. The number of phenolic OH excluding ortho intramolecular Hbond substituents is 1. The van der Waals surface area contributed by atoms with Gasteiger partial charge >= 0.3 is 5.97 Å². The van der Waals surface area contributed by atoms with E-state index in [2.05, 4.69) is 5.32 Å². The first kappa shape index (κ1) is 15.2. The molecule has 0 fully saturated rings. The van der Waals surface area contributed by atoms with E-state index in [9.17, 15) is 9.90 Å². The highest BCUT2D eigenvalue weighted by molar-refractivity contribution is 6.31. The summed E-state index contributed by atoms with van der Waals surface area (Å²) in [6, 6.07) is 11.8. The number of carbonyl (C=O) groups excluding carboxylic acids is 1. The number of nitrogens with one attached hydrogen (secondary N) is 1. The Morgan fingerprint density at radius 1 is 1.29 bits per heavy atom. The zero-order valence-corrected chi connectivity index (χ0v) is 12.5. The maximum atomic E-state index is 11.8. The summed E-state index contributed by atoms with van der Waals surface area (Å²) in [7, 11) is 1.33. The van der Waals surface area contributed by atoms with Gasteiger partial charge in [-0.25, -0.2) is 4.79 Å². The number of carbonyl (C=O) groups is 1. The van der Waals surface area contributed by atoms with Crippen molar-refractivity contribution in [3.63, 3.8) is 0 Å². The lowest BCUT2D eigenvalue weighted by Gasteiger charge is -2.18. The average Bonchev–Trinajstić information content (AvgIpc) is 2.48. The molecule has 21 heavy (non-hydrogen) atoms. The Bertz CT molecular complexity index is 658. The lowest BCUT2D eigenvalue weighted by molar-refractivity contribution is 0.0602. The summed E-state index contributed by atoms with van der Waals surface area (Å²) in [5, 5.41) is 13.2. The van der Waals surface area contributed by atoms with Crippen LogP contribution in [0.3, 0.4) is 0 Å². The molecule has 4 nitrogen and oxygen atoms in total. The van der Waals surface area contributed by atoms with Crippen LogP contribution in [0.25, 0.3) is 0 Å². The smallest absolute Gasteiger partial charge is 0.340 e. The molecule has 0 saturated heterocycles. The fraction of sp³-hybridized carbons (Fsp3) is 0.188. The minimum atomic E-state index is -0.455. The number of aromatic hydroxyl groups is 1. The second-order valence-electron chi connectivity index (χ2n) is 4.64. The molecule has 2 N–H and O–H groups in total. The van der Waals surface area contributed by atoms with E-state index in [-0.39, 0.29) is 11.8 Å². The Hall–Kier alpha value is -2.20. The summed E-state index contributed by atoms with van der Waals surface area (Å²) in [6.45, 7) is 1.93. The van der Waals surface area contributed by atoms with Crippen molar-refractivity contribution in [2.75, 3.05) is 12.4 Å². The quantitative estimate of drug-likeness (QED) is 0.838.